The minimum atomic E-state index is -3.44. The van der Waals surface area contributed by atoms with Crippen molar-refractivity contribution in [2.24, 2.45) is 0 Å². The average molecular weight is 314 g/mol. The number of nitrogens with one attached hydrogen (secondary N) is 1. The lowest BCUT2D eigenvalue weighted by molar-refractivity contribution is 0.358. The molecule has 0 bridgehead atoms. The molecular formula is C14H26N4O2S. The highest BCUT2D eigenvalue weighted by Gasteiger charge is 2.25. The van der Waals surface area contributed by atoms with E-state index in [-0.39, 0.29) is 0 Å². The normalized spacial score (nSPS) is 12.2. The van der Waals surface area contributed by atoms with Gasteiger partial charge in [-0.2, -0.15) is 17.0 Å². The van der Waals surface area contributed by atoms with Gasteiger partial charge in [0.2, 0.25) is 0 Å². The highest BCUT2D eigenvalue weighted by molar-refractivity contribution is 7.86. The molecule has 0 aromatic carbocycles. The SMILES string of the molecule is CCNCCCN(C)S(=O)(=O)N(CC)Cc1ccccn1. The molecule has 0 aliphatic heterocycles. The number of hydrogen-bond donors (Lipinski definition) is 1. The van der Waals surface area contributed by atoms with Crippen molar-refractivity contribution < 1.29 is 8.42 Å². The van der Waals surface area contributed by atoms with Gasteiger partial charge in [-0.3, -0.25) is 4.98 Å². The first kappa shape index (κ1) is 18.0. The van der Waals surface area contributed by atoms with Crippen LogP contribution >= 0.6 is 0 Å². The van der Waals surface area contributed by atoms with Crippen LogP contribution in [0.1, 0.15) is 26.0 Å². The van der Waals surface area contributed by atoms with Gasteiger partial charge in [0.15, 0.2) is 0 Å². The van der Waals surface area contributed by atoms with Gasteiger partial charge in [-0.05, 0) is 31.6 Å². The predicted octanol–water partition coefficient (Wildman–Crippen LogP) is 1.08. The van der Waals surface area contributed by atoms with Crippen LogP contribution in [0, 0.1) is 0 Å². The van der Waals surface area contributed by atoms with Crippen molar-refractivity contribution in [3.63, 3.8) is 0 Å². The third kappa shape index (κ3) is 5.70. The molecule has 0 atom stereocenters. The first-order valence-corrected chi connectivity index (χ1v) is 8.74. The van der Waals surface area contributed by atoms with E-state index in [0.29, 0.717) is 19.6 Å². The maximum Gasteiger partial charge on any atom is 0.282 e. The lowest BCUT2D eigenvalue weighted by atomic mass is 10.3. The molecule has 0 aliphatic rings. The van der Waals surface area contributed by atoms with Gasteiger partial charge in [0, 0.05) is 26.3 Å². The van der Waals surface area contributed by atoms with Crippen LogP contribution in [0.15, 0.2) is 24.4 Å². The Bertz CT molecular complexity index is 493. The zero-order valence-electron chi connectivity index (χ0n) is 13.1. The van der Waals surface area contributed by atoms with Crippen molar-refractivity contribution in [2.75, 3.05) is 33.2 Å². The largest absolute Gasteiger partial charge is 0.317 e. The molecule has 0 amide bonds. The van der Waals surface area contributed by atoms with Crippen molar-refractivity contribution in [1.82, 2.24) is 18.9 Å². The van der Waals surface area contributed by atoms with Gasteiger partial charge < -0.3 is 5.32 Å². The Morgan fingerprint density at radius 1 is 1.29 bits per heavy atom. The lowest BCUT2D eigenvalue weighted by Gasteiger charge is -2.26. The Morgan fingerprint density at radius 3 is 2.62 bits per heavy atom. The lowest BCUT2D eigenvalue weighted by Crippen LogP contribution is -2.42. The van der Waals surface area contributed by atoms with Gasteiger partial charge in [0.05, 0.1) is 12.2 Å². The van der Waals surface area contributed by atoms with E-state index in [9.17, 15) is 8.42 Å². The molecule has 0 saturated heterocycles. The quantitative estimate of drug-likeness (QED) is 0.656. The van der Waals surface area contributed by atoms with E-state index in [1.54, 1.807) is 13.2 Å². The van der Waals surface area contributed by atoms with E-state index < -0.39 is 10.2 Å². The summed E-state index contributed by atoms with van der Waals surface area (Å²) in [6.45, 7) is 6.83. The average Bonchev–Trinajstić information content (AvgIpc) is 2.49. The molecule has 0 saturated carbocycles. The molecule has 1 rings (SSSR count). The van der Waals surface area contributed by atoms with Gasteiger partial charge in [-0.25, -0.2) is 0 Å². The zero-order valence-corrected chi connectivity index (χ0v) is 13.9. The molecule has 1 N–H and O–H groups in total. The number of hydrogen-bond acceptors (Lipinski definition) is 4. The summed E-state index contributed by atoms with van der Waals surface area (Å²) in [6, 6.07) is 5.52. The Hall–Kier alpha value is -1.02. The maximum absolute atomic E-state index is 12.5. The maximum atomic E-state index is 12.5. The third-order valence-corrected chi connectivity index (χ3v) is 5.22. The molecule has 120 valence electrons. The monoisotopic (exact) mass is 314 g/mol. The minimum absolute atomic E-state index is 0.303. The molecule has 1 heterocycles. The van der Waals surface area contributed by atoms with E-state index >= 15 is 0 Å². The topological polar surface area (TPSA) is 65.5 Å². The van der Waals surface area contributed by atoms with Gasteiger partial charge >= 0.3 is 0 Å². The molecule has 21 heavy (non-hydrogen) atoms. The number of aromatic nitrogens is 1. The Labute approximate surface area is 128 Å². The van der Waals surface area contributed by atoms with Gasteiger partial charge in [0.1, 0.15) is 0 Å². The summed E-state index contributed by atoms with van der Waals surface area (Å²) >= 11 is 0. The minimum Gasteiger partial charge on any atom is -0.317 e. The standard InChI is InChI=1S/C14H26N4O2S/c1-4-15-10-8-12-17(3)21(19,20)18(5-2)13-14-9-6-7-11-16-14/h6-7,9,11,15H,4-5,8,10,12-13H2,1-3H3. The van der Waals surface area contributed by atoms with Crippen molar-refractivity contribution in [3.8, 4) is 0 Å². The van der Waals surface area contributed by atoms with Crippen LogP contribution < -0.4 is 5.32 Å². The zero-order chi connectivity index (χ0) is 15.7. The van der Waals surface area contributed by atoms with Gasteiger partial charge in [-0.15, -0.1) is 0 Å². The fraction of sp³-hybridized carbons (Fsp3) is 0.643. The predicted molar refractivity (Wildman–Crippen MR) is 85.0 cm³/mol. The summed E-state index contributed by atoms with van der Waals surface area (Å²) in [7, 11) is -1.81. The van der Waals surface area contributed by atoms with Gasteiger partial charge in [0.25, 0.3) is 10.2 Å². The van der Waals surface area contributed by atoms with Crippen LogP contribution in [0.2, 0.25) is 0 Å². The van der Waals surface area contributed by atoms with E-state index in [1.165, 1.54) is 8.61 Å². The summed E-state index contributed by atoms with van der Waals surface area (Å²) in [5, 5.41) is 3.19. The summed E-state index contributed by atoms with van der Waals surface area (Å²) in [5.41, 5.74) is 0.754. The first-order chi connectivity index (χ1) is 10.0. The van der Waals surface area contributed by atoms with E-state index in [0.717, 1.165) is 25.2 Å². The van der Waals surface area contributed by atoms with Crippen molar-refractivity contribution >= 4 is 10.2 Å². The second-order valence-electron chi connectivity index (χ2n) is 4.78. The van der Waals surface area contributed by atoms with Crippen LogP contribution in [0.5, 0.6) is 0 Å². The second-order valence-corrected chi connectivity index (χ2v) is 6.82. The Morgan fingerprint density at radius 2 is 2.05 bits per heavy atom. The molecule has 0 aliphatic carbocycles. The molecule has 0 spiro atoms. The molecule has 7 heteroatoms. The van der Waals surface area contributed by atoms with Crippen LogP contribution in [-0.2, 0) is 16.8 Å². The number of nitrogens with zero attached hydrogens (tertiary/aromatic N) is 3. The van der Waals surface area contributed by atoms with Gasteiger partial charge in [-0.1, -0.05) is 19.9 Å². The molecule has 1 aromatic heterocycles. The Balaban J connectivity index is 2.64. The fourth-order valence-electron chi connectivity index (χ4n) is 1.94. The summed E-state index contributed by atoms with van der Waals surface area (Å²) in [5.74, 6) is 0. The summed E-state index contributed by atoms with van der Waals surface area (Å²) in [6.07, 6.45) is 2.47. The summed E-state index contributed by atoms with van der Waals surface area (Å²) < 4.78 is 27.9. The molecule has 6 nitrogen and oxygen atoms in total. The smallest absolute Gasteiger partial charge is 0.282 e. The number of rotatable bonds is 10. The van der Waals surface area contributed by atoms with Crippen molar-refractivity contribution in [2.45, 2.75) is 26.8 Å². The van der Waals surface area contributed by atoms with Crippen LogP contribution in [0.25, 0.3) is 0 Å². The highest BCUT2D eigenvalue weighted by atomic mass is 32.2. The molecular weight excluding hydrogens is 288 g/mol. The fourth-order valence-corrected chi connectivity index (χ4v) is 3.32. The van der Waals surface area contributed by atoms with E-state index in [4.69, 9.17) is 0 Å². The van der Waals surface area contributed by atoms with Crippen molar-refractivity contribution in [1.29, 1.82) is 0 Å². The van der Waals surface area contributed by atoms with E-state index in [2.05, 4.69) is 10.3 Å². The second kappa shape index (κ2) is 9.09. The Kier molecular flexibility index (Phi) is 7.81. The van der Waals surface area contributed by atoms with Crippen LogP contribution in [0.4, 0.5) is 0 Å². The van der Waals surface area contributed by atoms with Crippen LogP contribution in [0.3, 0.4) is 0 Å². The molecule has 0 fully saturated rings. The summed E-state index contributed by atoms with van der Waals surface area (Å²) in [4.78, 5) is 4.19. The highest BCUT2D eigenvalue weighted by Crippen LogP contribution is 2.11. The first-order valence-electron chi connectivity index (χ1n) is 7.34. The van der Waals surface area contributed by atoms with Crippen LogP contribution in [-0.4, -0.2) is 55.2 Å². The molecule has 0 radical (unpaired) electrons. The van der Waals surface area contributed by atoms with E-state index in [1.807, 2.05) is 32.0 Å². The third-order valence-electron chi connectivity index (χ3n) is 3.21. The molecule has 1 aromatic rings. The number of pyridine rings is 1. The molecule has 0 unspecified atom stereocenters. The van der Waals surface area contributed by atoms with Crippen molar-refractivity contribution in [3.05, 3.63) is 30.1 Å².